The molecule has 2 aliphatic rings. The van der Waals surface area contributed by atoms with Crippen LogP contribution in [-0.4, -0.2) is 73.0 Å². The molecular weight excluding hydrogens is 524 g/mol. The number of aryl methyl sites for hydroxylation is 1. The number of carbonyl (C=O) groups excluding carboxylic acids is 1. The van der Waals surface area contributed by atoms with E-state index in [1.165, 1.54) is 12.8 Å². The third-order valence-electron chi connectivity index (χ3n) is 7.88. The lowest BCUT2D eigenvalue weighted by Crippen LogP contribution is -2.49. The van der Waals surface area contributed by atoms with E-state index in [1.807, 2.05) is 37.1 Å². The van der Waals surface area contributed by atoms with Gasteiger partial charge in [-0.15, -0.1) is 0 Å². The SMILES string of the molecule is COCCN(C)c1cc(C(=O)NCC(O)[C@@H]2Cc3ccc(OCc4ocnc4C)cc3CN2)cc(NC2CCC2)n1. The van der Waals surface area contributed by atoms with E-state index in [2.05, 4.69) is 20.9 Å². The summed E-state index contributed by atoms with van der Waals surface area (Å²) in [7, 11) is 3.59. The molecule has 1 saturated carbocycles. The van der Waals surface area contributed by atoms with Gasteiger partial charge in [0.1, 0.15) is 24.0 Å². The van der Waals surface area contributed by atoms with Crippen molar-refractivity contribution >= 4 is 17.5 Å². The third-order valence-corrected chi connectivity index (χ3v) is 7.88. The lowest BCUT2D eigenvalue weighted by atomic mass is 9.92. The van der Waals surface area contributed by atoms with Crippen molar-refractivity contribution in [3.63, 3.8) is 0 Å². The van der Waals surface area contributed by atoms with Crippen LogP contribution in [0.4, 0.5) is 11.6 Å². The summed E-state index contributed by atoms with van der Waals surface area (Å²) < 4.78 is 16.4. The van der Waals surface area contributed by atoms with Gasteiger partial charge in [-0.05, 0) is 68.0 Å². The number of likely N-dealkylation sites (N-methyl/N-ethyl adjacent to an activating group) is 1. The zero-order valence-electron chi connectivity index (χ0n) is 24.0. The van der Waals surface area contributed by atoms with Crippen LogP contribution >= 0.6 is 0 Å². The first-order valence-corrected chi connectivity index (χ1v) is 14.2. The number of nitrogens with one attached hydrogen (secondary N) is 3. The van der Waals surface area contributed by atoms with Gasteiger partial charge in [0.2, 0.25) is 0 Å². The monoisotopic (exact) mass is 564 g/mol. The second-order valence-corrected chi connectivity index (χ2v) is 10.8. The average Bonchev–Trinajstić information content (AvgIpc) is 3.38. The molecule has 1 aromatic carbocycles. The van der Waals surface area contributed by atoms with Gasteiger partial charge < -0.3 is 39.8 Å². The molecule has 0 spiro atoms. The van der Waals surface area contributed by atoms with E-state index in [0.717, 1.165) is 35.4 Å². The highest BCUT2D eigenvalue weighted by molar-refractivity contribution is 5.95. The molecule has 1 aliphatic carbocycles. The van der Waals surface area contributed by atoms with E-state index < -0.39 is 6.10 Å². The zero-order chi connectivity index (χ0) is 28.8. The highest BCUT2D eigenvalue weighted by atomic mass is 16.5. The van der Waals surface area contributed by atoms with Crippen LogP contribution in [0.1, 0.15) is 52.2 Å². The van der Waals surface area contributed by atoms with E-state index in [4.69, 9.17) is 18.9 Å². The normalized spacial score (nSPS) is 17.3. The maximum atomic E-state index is 13.2. The molecule has 5 rings (SSSR count). The molecule has 2 atom stereocenters. The molecule has 0 saturated heterocycles. The Kier molecular flexibility index (Phi) is 9.38. The van der Waals surface area contributed by atoms with Crippen molar-refractivity contribution in [2.75, 3.05) is 44.1 Å². The minimum atomic E-state index is -0.754. The highest BCUT2D eigenvalue weighted by Crippen LogP contribution is 2.26. The van der Waals surface area contributed by atoms with Crippen LogP contribution in [0.2, 0.25) is 0 Å². The van der Waals surface area contributed by atoms with Crippen LogP contribution in [0.3, 0.4) is 0 Å². The zero-order valence-corrected chi connectivity index (χ0v) is 24.0. The minimum Gasteiger partial charge on any atom is -0.486 e. The van der Waals surface area contributed by atoms with Gasteiger partial charge in [-0.25, -0.2) is 9.97 Å². The van der Waals surface area contributed by atoms with E-state index in [-0.39, 0.29) is 18.5 Å². The van der Waals surface area contributed by atoms with Crippen LogP contribution in [0, 0.1) is 6.92 Å². The number of aliphatic hydroxyl groups excluding tert-OH is 1. The number of carbonyl (C=O) groups is 1. The molecule has 1 amide bonds. The summed E-state index contributed by atoms with van der Waals surface area (Å²) in [5.74, 6) is 2.60. The summed E-state index contributed by atoms with van der Waals surface area (Å²) in [6, 6.07) is 9.75. The molecule has 4 N–H and O–H groups in total. The number of pyridine rings is 1. The predicted molar refractivity (Wildman–Crippen MR) is 155 cm³/mol. The maximum Gasteiger partial charge on any atom is 0.251 e. The molecule has 1 fully saturated rings. The van der Waals surface area contributed by atoms with Gasteiger partial charge in [0, 0.05) is 51.4 Å². The molecule has 3 heterocycles. The predicted octanol–water partition coefficient (Wildman–Crippen LogP) is 2.81. The van der Waals surface area contributed by atoms with Crippen molar-refractivity contribution < 1.29 is 23.8 Å². The van der Waals surface area contributed by atoms with Crippen LogP contribution in [0.5, 0.6) is 5.75 Å². The molecule has 1 unspecified atom stereocenters. The van der Waals surface area contributed by atoms with E-state index in [0.29, 0.717) is 61.7 Å². The number of benzene rings is 1. The Morgan fingerprint density at radius 1 is 1.27 bits per heavy atom. The summed E-state index contributed by atoms with van der Waals surface area (Å²) >= 11 is 0. The van der Waals surface area contributed by atoms with Gasteiger partial charge >= 0.3 is 0 Å². The topological polar surface area (TPSA) is 134 Å². The average molecular weight is 565 g/mol. The van der Waals surface area contributed by atoms with Crippen LogP contribution < -0.4 is 25.6 Å². The highest BCUT2D eigenvalue weighted by Gasteiger charge is 2.26. The molecule has 11 nitrogen and oxygen atoms in total. The number of rotatable bonds is 13. The number of aromatic nitrogens is 2. The van der Waals surface area contributed by atoms with Crippen molar-refractivity contribution in [2.45, 2.75) is 63.9 Å². The number of hydrogen-bond donors (Lipinski definition) is 4. The summed E-state index contributed by atoms with van der Waals surface area (Å²) in [6.45, 7) is 4.14. The van der Waals surface area contributed by atoms with Crippen LogP contribution in [0.15, 0.2) is 41.1 Å². The van der Waals surface area contributed by atoms with E-state index >= 15 is 0 Å². The van der Waals surface area contributed by atoms with Crippen molar-refractivity contribution in [3.05, 3.63) is 64.9 Å². The standard InChI is InChI=1S/C30H40N6O5/c1-19-27(41-18-33-19)17-40-24-8-7-20-12-25(31-15-22(20)11-24)26(37)16-32-30(38)21-13-28(34-23-5-4-6-23)35-29(14-21)36(2)9-10-39-3/h7-8,11,13-14,18,23,25-26,31,37H,4-6,9-10,12,15-17H2,1-3H3,(H,32,38)(H,34,35)/t25-,26?/m0/s1. The molecular formula is C30H40N6O5. The smallest absolute Gasteiger partial charge is 0.251 e. The number of fused-ring (bicyclic) bond motifs is 1. The number of hydrogen-bond acceptors (Lipinski definition) is 10. The molecule has 3 aromatic rings. The lowest BCUT2D eigenvalue weighted by Gasteiger charge is -2.30. The number of anilines is 2. The Labute approximate surface area is 240 Å². The molecule has 41 heavy (non-hydrogen) atoms. The largest absolute Gasteiger partial charge is 0.486 e. The first-order valence-electron chi connectivity index (χ1n) is 14.2. The fourth-order valence-electron chi connectivity index (χ4n) is 4.95. The minimum absolute atomic E-state index is 0.131. The quantitative estimate of drug-likeness (QED) is 0.246. The van der Waals surface area contributed by atoms with Gasteiger partial charge in [0.15, 0.2) is 12.2 Å². The van der Waals surface area contributed by atoms with Crippen molar-refractivity contribution in [2.24, 2.45) is 0 Å². The Bertz CT molecular complexity index is 1330. The summed E-state index contributed by atoms with van der Waals surface area (Å²) in [5, 5.41) is 20.7. The third kappa shape index (κ3) is 7.35. The van der Waals surface area contributed by atoms with Gasteiger partial charge in [-0.2, -0.15) is 0 Å². The van der Waals surface area contributed by atoms with Crippen molar-refractivity contribution in [1.82, 2.24) is 20.6 Å². The molecule has 0 radical (unpaired) electrons. The molecule has 220 valence electrons. The Morgan fingerprint density at radius 3 is 2.85 bits per heavy atom. The van der Waals surface area contributed by atoms with Gasteiger partial charge in [-0.1, -0.05) is 6.07 Å². The van der Waals surface area contributed by atoms with E-state index in [1.54, 1.807) is 19.2 Å². The van der Waals surface area contributed by atoms with Crippen molar-refractivity contribution in [1.29, 1.82) is 0 Å². The number of methoxy groups -OCH3 is 1. The molecule has 11 heteroatoms. The summed E-state index contributed by atoms with van der Waals surface area (Å²) in [4.78, 5) is 24.0. The second-order valence-electron chi connectivity index (χ2n) is 10.8. The number of oxazole rings is 1. The lowest BCUT2D eigenvalue weighted by molar-refractivity contribution is 0.0870. The first-order chi connectivity index (χ1) is 19.9. The molecule has 2 aromatic heterocycles. The Balaban J connectivity index is 1.17. The van der Waals surface area contributed by atoms with Gasteiger partial charge in [0.25, 0.3) is 5.91 Å². The molecule has 1 aliphatic heterocycles. The number of ether oxygens (including phenoxy) is 2. The van der Waals surface area contributed by atoms with E-state index in [9.17, 15) is 9.90 Å². The first kappa shape index (κ1) is 28.8. The van der Waals surface area contributed by atoms with Crippen LogP contribution in [-0.2, 0) is 24.3 Å². The molecule has 0 bridgehead atoms. The summed E-state index contributed by atoms with van der Waals surface area (Å²) in [6.07, 6.45) is 4.72. The second kappa shape index (κ2) is 13.3. The Morgan fingerprint density at radius 2 is 2.12 bits per heavy atom. The summed E-state index contributed by atoms with van der Waals surface area (Å²) in [5.41, 5.74) is 3.59. The fraction of sp³-hybridized carbons (Fsp3) is 0.500. The van der Waals surface area contributed by atoms with Gasteiger partial charge in [0.05, 0.1) is 18.4 Å². The number of amides is 1. The van der Waals surface area contributed by atoms with Gasteiger partial charge in [-0.3, -0.25) is 4.79 Å². The number of aliphatic hydroxyl groups is 1. The Hall–Kier alpha value is -3.67. The maximum absolute atomic E-state index is 13.2. The van der Waals surface area contributed by atoms with Crippen molar-refractivity contribution in [3.8, 4) is 5.75 Å². The van der Waals surface area contributed by atoms with Crippen LogP contribution in [0.25, 0.3) is 0 Å². The fourth-order valence-corrected chi connectivity index (χ4v) is 4.95. The number of nitrogens with zero attached hydrogens (tertiary/aromatic N) is 3.